The topological polar surface area (TPSA) is 49.3 Å². The van der Waals surface area contributed by atoms with Gasteiger partial charge in [-0.3, -0.25) is 4.79 Å². The van der Waals surface area contributed by atoms with E-state index < -0.39 is 5.60 Å². The second-order valence-electron chi connectivity index (χ2n) is 5.55. The number of carbonyl (C=O) groups is 1. The van der Waals surface area contributed by atoms with Crippen LogP contribution in [0.3, 0.4) is 0 Å². The third kappa shape index (κ3) is 3.94. The normalized spacial score (nSPS) is 18.0. The Hall–Kier alpha value is -1.61. The van der Waals surface area contributed by atoms with Crippen LogP contribution in [0, 0.1) is 0 Å². The minimum absolute atomic E-state index is 0.0725. The second kappa shape index (κ2) is 6.71. The maximum Gasteiger partial charge on any atom is 0.247 e. The summed E-state index contributed by atoms with van der Waals surface area (Å²) in [7, 11) is 0. The summed E-state index contributed by atoms with van der Waals surface area (Å²) in [6.45, 7) is 2.33. The predicted octanol–water partition coefficient (Wildman–Crippen LogP) is 2.90. The summed E-state index contributed by atoms with van der Waals surface area (Å²) in [5.41, 5.74) is 1.08. The summed E-state index contributed by atoms with van der Waals surface area (Å²) >= 11 is 0. The van der Waals surface area contributed by atoms with Gasteiger partial charge in [0.2, 0.25) is 5.91 Å². The molecule has 1 fully saturated rings. The highest BCUT2D eigenvalue weighted by Gasteiger charge is 2.31. The number of carbonyl (C=O) groups excluding carboxylic acids is 1. The van der Waals surface area contributed by atoms with E-state index >= 15 is 0 Å². The minimum atomic E-state index is -0.693. The Labute approximate surface area is 120 Å². The molecule has 0 unspecified atom stereocenters. The van der Waals surface area contributed by atoms with Crippen molar-refractivity contribution in [3.8, 4) is 0 Å². The molecule has 0 aliphatic heterocycles. The zero-order valence-corrected chi connectivity index (χ0v) is 12.1. The van der Waals surface area contributed by atoms with Crippen molar-refractivity contribution >= 4 is 12.0 Å². The molecule has 1 amide bonds. The van der Waals surface area contributed by atoms with E-state index in [0.29, 0.717) is 13.0 Å². The van der Waals surface area contributed by atoms with Crippen molar-refractivity contribution in [3.05, 3.63) is 41.5 Å². The van der Waals surface area contributed by atoms with Gasteiger partial charge in [0.15, 0.2) is 0 Å². The number of nitrogens with one attached hydrogen (secondary N) is 1. The van der Waals surface area contributed by atoms with E-state index in [0.717, 1.165) is 36.8 Å². The monoisotopic (exact) mass is 273 g/mol. The van der Waals surface area contributed by atoms with Crippen molar-refractivity contribution in [2.45, 2.75) is 44.6 Å². The van der Waals surface area contributed by atoms with Gasteiger partial charge in [0, 0.05) is 12.1 Å². The van der Waals surface area contributed by atoms with Crippen LogP contribution in [0.25, 0.3) is 6.08 Å². The largest absolute Gasteiger partial charge is 0.388 e. The van der Waals surface area contributed by atoms with E-state index in [-0.39, 0.29) is 5.91 Å². The molecule has 20 heavy (non-hydrogen) atoms. The molecule has 0 bridgehead atoms. The number of hydrogen-bond acceptors (Lipinski definition) is 2. The summed E-state index contributed by atoms with van der Waals surface area (Å²) in [6.07, 6.45) is 6.27. The van der Waals surface area contributed by atoms with Gasteiger partial charge in [0.25, 0.3) is 0 Å². The fourth-order valence-corrected chi connectivity index (χ4v) is 2.65. The molecule has 0 aromatic heterocycles. The average molecular weight is 273 g/mol. The van der Waals surface area contributed by atoms with Crippen LogP contribution in [-0.4, -0.2) is 23.2 Å². The molecule has 2 rings (SSSR count). The molecule has 0 radical (unpaired) electrons. The Morgan fingerprint density at radius 1 is 1.30 bits per heavy atom. The molecular weight excluding hydrogens is 250 g/mol. The number of aliphatic hydroxyl groups is 1. The SMILES string of the molecule is CC/C(=C\c1ccccc1)C(=O)NCC1(O)CCCC1. The summed E-state index contributed by atoms with van der Waals surface area (Å²) in [5, 5.41) is 13.1. The lowest BCUT2D eigenvalue weighted by molar-refractivity contribution is -0.118. The Morgan fingerprint density at radius 2 is 1.95 bits per heavy atom. The van der Waals surface area contributed by atoms with E-state index in [4.69, 9.17) is 0 Å². The first-order valence-electron chi connectivity index (χ1n) is 7.39. The Balaban J connectivity index is 1.97. The lowest BCUT2D eigenvalue weighted by Gasteiger charge is -2.22. The lowest BCUT2D eigenvalue weighted by atomic mass is 10.0. The summed E-state index contributed by atoms with van der Waals surface area (Å²) < 4.78 is 0. The molecular formula is C17H23NO2. The van der Waals surface area contributed by atoms with Crippen LogP contribution < -0.4 is 5.32 Å². The highest BCUT2D eigenvalue weighted by atomic mass is 16.3. The fraction of sp³-hybridized carbons (Fsp3) is 0.471. The smallest absolute Gasteiger partial charge is 0.247 e. The van der Waals surface area contributed by atoms with Gasteiger partial charge >= 0.3 is 0 Å². The van der Waals surface area contributed by atoms with Crippen LogP contribution in [0.1, 0.15) is 44.6 Å². The highest BCUT2D eigenvalue weighted by molar-refractivity contribution is 5.97. The van der Waals surface area contributed by atoms with Crippen LogP contribution >= 0.6 is 0 Å². The Morgan fingerprint density at radius 3 is 2.55 bits per heavy atom. The van der Waals surface area contributed by atoms with Gasteiger partial charge < -0.3 is 10.4 Å². The van der Waals surface area contributed by atoms with Gasteiger partial charge in [-0.2, -0.15) is 0 Å². The van der Waals surface area contributed by atoms with Crippen molar-refractivity contribution in [2.24, 2.45) is 0 Å². The maximum atomic E-state index is 12.2. The van der Waals surface area contributed by atoms with Crippen molar-refractivity contribution in [1.29, 1.82) is 0 Å². The van der Waals surface area contributed by atoms with Crippen molar-refractivity contribution in [1.82, 2.24) is 5.32 Å². The van der Waals surface area contributed by atoms with Gasteiger partial charge in [-0.1, -0.05) is 50.1 Å². The van der Waals surface area contributed by atoms with Crippen LogP contribution in [0.4, 0.5) is 0 Å². The van der Waals surface area contributed by atoms with Crippen LogP contribution in [0.2, 0.25) is 0 Å². The highest BCUT2D eigenvalue weighted by Crippen LogP contribution is 2.28. The molecule has 0 spiro atoms. The molecule has 1 aromatic rings. The first kappa shape index (κ1) is 14.8. The van der Waals surface area contributed by atoms with E-state index in [2.05, 4.69) is 5.32 Å². The molecule has 0 atom stereocenters. The van der Waals surface area contributed by atoms with Crippen molar-refractivity contribution in [2.75, 3.05) is 6.54 Å². The number of amides is 1. The lowest BCUT2D eigenvalue weighted by Crippen LogP contribution is -2.41. The van der Waals surface area contributed by atoms with Crippen molar-refractivity contribution in [3.63, 3.8) is 0 Å². The summed E-state index contributed by atoms with van der Waals surface area (Å²) in [6, 6.07) is 9.83. The van der Waals surface area contributed by atoms with Gasteiger partial charge in [-0.25, -0.2) is 0 Å². The van der Waals surface area contributed by atoms with Gasteiger partial charge in [0.1, 0.15) is 0 Å². The van der Waals surface area contributed by atoms with Gasteiger partial charge in [-0.15, -0.1) is 0 Å². The minimum Gasteiger partial charge on any atom is -0.388 e. The molecule has 3 nitrogen and oxygen atoms in total. The third-order valence-corrected chi connectivity index (χ3v) is 3.93. The average Bonchev–Trinajstić information content (AvgIpc) is 2.91. The Kier molecular flexibility index (Phi) is 4.96. The summed E-state index contributed by atoms with van der Waals surface area (Å²) in [5.74, 6) is -0.0725. The maximum absolute atomic E-state index is 12.2. The van der Waals surface area contributed by atoms with E-state index in [1.54, 1.807) is 0 Å². The van der Waals surface area contributed by atoms with E-state index in [1.807, 2.05) is 43.3 Å². The molecule has 0 heterocycles. The molecule has 1 aliphatic carbocycles. The molecule has 1 saturated carbocycles. The third-order valence-electron chi connectivity index (χ3n) is 3.93. The molecule has 1 aliphatic rings. The number of benzene rings is 1. The van der Waals surface area contributed by atoms with Crippen molar-refractivity contribution < 1.29 is 9.90 Å². The van der Waals surface area contributed by atoms with Gasteiger partial charge in [0.05, 0.1) is 5.60 Å². The predicted molar refractivity (Wildman–Crippen MR) is 81.1 cm³/mol. The molecule has 3 heteroatoms. The first-order valence-corrected chi connectivity index (χ1v) is 7.39. The number of hydrogen-bond donors (Lipinski definition) is 2. The zero-order valence-electron chi connectivity index (χ0n) is 12.1. The quantitative estimate of drug-likeness (QED) is 0.810. The summed E-state index contributed by atoms with van der Waals surface area (Å²) in [4.78, 5) is 12.2. The standard InChI is InChI=1S/C17H23NO2/c1-2-15(12-14-8-4-3-5-9-14)16(19)18-13-17(20)10-6-7-11-17/h3-5,8-9,12,20H,2,6-7,10-11,13H2,1H3,(H,18,19)/b15-12+. The first-order chi connectivity index (χ1) is 9.63. The van der Waals surface area contributed by atoms with Gasteiger partial charge in [-0.05, 0) is 30.9 Å². The molecule has 108 valence electrons. The van der Waals surface area contributed by atoms with Crippen LogP contribution in [0.5, 0.6) is 0 Å². The molecule has 0 saturated heterocycles. The van der Waals surface area contributed by atoms with Crippen LogP contribution in [-0.2, 0) is 4.79 Å². The zero-order chi connectivity index (χ0) is 14.4. The molecule has 2 N–H and O–H groups in total. The van der Waals surface area contributed by atoms with E-state index in [1.165, 1.54) is 0 Å². The number of rotatable bonds is 5. The Bertz CT molecular complexity index is 473. The molecule has 1 aromatic carbocycles. The fourth-order valence-electron chi connectivity index (χ4n) is 2.65. The second-order valence-corrected chi connectivity index (χ2v) is 5.55. The van der Waals surface area contributed by atoms with E-state index in [9.17, 15) is 9.90 Å². The van der Waals surface area contributed by atoms with Crippen LogP contribution in [0.15, 0.2) is 35.9 Å².